The van der Waals surface area contributed by atoms with Crippen molar-refractivity contribution in [1.29, 1.82) is 0 Å². The molecule has 2 rings (SSSR count). The van der Waals surface area contributed by atoms with Crippen LogP contribution in [0.15, 0.2) is 16.7 Å². The van der Waals surface area contributed by atoms with E-state index in [0.29, 0.717) is 6.04 Å². The van der Waals surface area contributed by atoms with Crippen LogP contribution in [0.25, 0.3) is 0 Å². The van der Waals surface area contributed by atoms with Gasteiger partial charge in [0.05, 0.1) is 0 Å². The molecule has 0 spiro atoms. The third kappa shape index (κ3) is 3.98. The van der Waals surface area contributed by atoms with Gasteiger partial charge < -0.3 is 5.32 Å². The van der Waals surface area contributed by atoms with E-state index in [0.717, 1.165) is 10.3 Å². The molecule has 1 N–H and O–H groups in total. The maximum atomic E-state index is 4.43. The quantitative estimate of drug-likeness (QED) is 0.857. The normalized spacial score (nSPS) is 18.5. The highest BCUT2D eigenvalue weighted by Gasteiger charge is 2.11. The number of pyridine rings is 1. The Morgan fingerprint density at radius 2 is 1.82 bits per heavy atom. The zero-order chi connectivity index (χ0) is 12.1. The minimum Gasteiger partial charge on any atom is -0.367 e. The Balaban J connectivity index is 1.95. The fourth-order valence-corrected chi connectivity index (χ4v) is 2.64. The van der Waals surface area contributed by atoms with E-state index >= 15 is 0 Å². The standard InChI is InChI=1S/C14H21BrN2/c1-11-9-14(16-10-13(11)15)17-12-7-5-3-2-4-6-8-12/h9-10,12H,2-8H2,1H3,(H,16,17). The second-order valence-electron chi connectivity index (χ2n) is 5.01. The predicted octanol–water partition coefficient (Wildman–Crippen LogP) is 4.68. The maximum Gasteiger partial charge on any atom is 0.126 e. The van der Waals surface area contributed by atoms with Crippen LogP contribution in [0.1, 0.15) is 50.5 Å². The average Bonchev–Trinajstić information content (AvgIpc) is 2.27. The highest BCUT2D eigenvalue weighted by molar-refractivity contribution is 9.10. The van der Waals surface area contributed by atoms with Crippen LogP contribution in [0, 0.1) is 6.92 Å². The Morgan fingerprint density at radius 1 is 1.18 bits per heavy atom. The molecule has 0 aromatic carbocycles. The zero-order valence-electron chi connectivity index (χ0n) is 10.5. The molecule has 0 atom stereocenters. The van der Waals surface area contributed by atoms with Gasteiger partial charge in [-0.1, -0.05) is 32.1 Å². The maximum absolute atomic E-state index is 4.43. The summed E-state index contributed by atoms with van der Waals surface area (Å²) in [7, 11) is 0. The number of aryl methyl sites for hydroxylation is 1. The molecule has 17 heavy (non-hydrogen) atoms. The van der Waals surface area contributed by atoms with Gasteiger partial charge in [0.2, 0.25) is 0 Å². The number of nitrogens with zero attached hydrogens (tertiary/aromatic N) is 1. The first-order valence-corrected chi connectivity index (χ1v) is 7.43. The summed E-state index contributed by atoms with van der Waals surface area (Å²) in [6.07, 6.45) is 11.4. The topological polar surface area (TPSA) is 24.9 Å². The number of rotatable bonds is 2. The van der Waals surface area contributed by atoms with Gasteiger partial charge in [-0.25, -0.2) is 4.98 Å². The highest BCUT2D eigenvalue weighted by atomic mass is 79.9. The number of nitrogens with one attached hydrogen (secondary N) is 1. The smallest absolute Gasteiger partial charge is 0.126 e. The van der Waals surface area contributed by atoms with Crippen molar-refractivity contribution in [2.75, 3.05) is 5.32 Å². The fourth-order valence-electron chi connectivity index (χ4n) is 2.43. The molecule has 1 aromatic rings. The first-order chi connectivity index (χ1) is 8.25. The number of anilines is 1. The molecule has 0 unspecified atom stereocenters. The van der Waals surface area contributed by atoms with Crippen LogP contribution in [0.2, 0.25) is 0 Å². The lowest BCUT2D eigenvalue weighted by atomic mass is 9.97. The van der Waals surface area contributed by atoms with E-state index in [1.165, 1.54) is 50.5 Å². The molecule has 94 valence electrons. The van der Waals surface area contributed by atoms with E-state index in [-0.39, 0.29) is 0 Å². The van der Waals surface area contributed by atoms with E-state index < -0.39 is 0 Å². The molecule has 1 aliphatic carbocycles. The van der Waals surface area contributed by atoms with Crippen LogP contribution in [-0.4, -0.2) is 11.0 Å². The summed E-state index contributed by atoms with van der Waals surface area (Å²) in [4.78, 5) is 4.43. The van der Waals surface area contributed by atoms with E-state index in [1.807, 2.05) is 6.20 Å². The highest BCUT2D eigenvalue weighted by Crippen LogP contribution is 2.22. The second-order valence-corrected chi connectivity index (χ2v) is 5.86. The lowest BCUT2D eigenvalue weighted by Crippen LogP contribution is -2.21. The van der Waals surface area contributed by atoms with Crippen molar-refractivity contribution in [3.05, 3.63) is 22.3 Å². The Bertz CT molecular complexity index is 357. The van der Waals surface area contributed by atoms with Crippen molar-refractivity contribution in [2.45, 2.75) is 57.9 Å². The van der Waals surface area contributed by atoms with Crippen molar-refractivity contribution in [1.82, 2.24) is 4.98 Å². The summed E-state index contributed by atoms with van der Waals surface area (Å²) in [6, 6.07) is 2.74. The van der Waals surface area contributed by atoms with Crippen molar-refractivity contribution < 1.29 is 0 Å². The molecular weight excluding hydrogens is 276 g/mol. The van der Waals surface area contributed by atoms with Gasteiger partial charge in [-0.05, 0) is 47.3 Å². The number of hydrogen-bond donors (Lipinski definition) is 1. The third-order valence-corrected chi connectivity index (χ3v) is 4.33. The predicted molar refractivity (Wildman–Crippen MR) is 76.4 cm³/mol. The molecule has 1 saturated carbocycles. The molecule has 0 saturated heterocycles. The largest absolute Gasteiger partial charge is 0.367 e. The van der Waals surface area contributed by atoms with Crippen LogP contribution < -0.4 is 5.32 Å². The van der Waals surface area contributed by atoms with E-state index in [2.05, 4.69) is 39.2 Å². The molecule has 1 fully saturated rings. The molecular formula is C14H21BrN2. The molecule has 1 aromatic heterocycles. The van der Waals surface area contributed by atoms with Crippen LogP contribution in [-0.2, 0) is 0 Å². The van der Waals surface area contributed by atoms with Crippen LogP contribution in [0.4, 0.5) is 5.82 Å². The van der Waals surface area contributed by atoms with Gasteiger partial charge in [-0.2, -0.15) is 0 Å². The summed E-state index contributed by atoms with van der Waals surface area (Å²) in [6.45, 7) is 2.11. The van der Waals surface area contributed by atoms with E-state index in [1.54, 1.807) is 0 Å². The summed E-state index contributed by atoms with van der Waals surface area (Å²) >= 11 is 3.49. The van der Waals surface area contributed by atoms with Gasteiger partial charge in [0.1, 0.15) is 5.82 Å². The van der Waals surface area contributed by atoms with Crippen LogP contribution in [0.5, 0.6) is 0 Å². The van der Waals surface area contributed by atoms with Crippen molar-refractivity contribution in [3.8, 4) is 0 Å². The van der Waals surface area contributed by atoms with Crippen molar-refractivity contribution in [2.24, 2.45) is 0 Å². The van der Waals surface area contributed by atoms with Gasteiger partial charge in [0, 0.05) is 16.7 Å². The average molecular weight is 297 g/mol. The number of hydrogen-bond acceptors (Lipinski definition) is 2. The Labute approximate surface area is 112 Å². The molecule has 0 bridgehead atoms. The van der Waals surface area contributed by atoms with Gasteiger partial charge in [-0.3, -0.25) is 0 Å². The zero-order valence-corrected chi connectivity index (χ0v) is 12.1. The number of halogens is 1. The molecule has 1 heterocycles. The molecule has 3 heteroatoms. The minimum absolute atomic E-state index is 0.614. The van der Waals surface area contributed by atoms with Gasteiger partial charge in [0.15, 0.2) is 0 Å². The molecule has 2 nitrogen and oxygen atoms in total. The van der Waals surface area contributed by atoms with Gasteiger partial charge in [0.25, 0.3) is 0 Å². The third-order valence-electron chi connectivity index (χ3n) is 3.50. The monoisotopic (exact) mass is 296 g/mol. The Kier molecular flexibility index (Phi) is 4.84. The first-order valence-electron chi connectivity index (χ1n) is 6.64. The summed E-state index contributed by atoms with van der Waals surface area (Å²) in [5, 5.41) is 3.58. The lowest BCUT2D eigenvalue weighted by molar-refractivity contribution is 0.470. The summed E-state index contributed by atoms with van der Waals surface area (Å²) in [5.74, 6) is 1.02. The van der Waals surface area contributed by atoms with Crippen molar-refractivity contribution in [3.63, 3.8) is 0 Å². The minimum atomic E-state index is 0.614. The van der Waals surface area contributed by atoms with Gasteiger partial charge >= 0.3 is 0 Å². The molecule has 0 radical (unpaired) electrons. The molecule has 1 aliphatic rings. The first kappa shape index (κ1) is 12.9. The summed E-state index contributed by atoms with van der Waals surface area (Å²) in [5.41, 5.74) is 1.24. The Morgan fingerprint density at radius 3 is 2.47 bits per heavy atom. The fraction of sp³-hybridized carbons (Fsp3) is 0.643. The van der Waals surface area contributed by atoms with Gasteiger partial charge in [-0.15, -0.1) is 0 Å². The second kappa shape index (κ2) is 6.39. The van der Waals surface area contributed by atoms with Crippen LogP contribution >= 0.6 is 15.9 Å². The van der Waals surface area contributed by atoms with E-state index in [4.69, 9.17) is 0 Å². The number of aromatic nitrogens is 1. The molecule has 0 amide bonds. The summed E-state index contributed by atoms with van der Waals surface area (Å²) < 4.78 is 1.08. The lowest BCUT2D eigenvalue weighted by Gasteiger charge is -2.21. The SMILES string of the molecule is Cc1cc(NC2CCCCCCC2)ncc1Br. The van der Waals surface area contributed by atoms with Crippen molar-refractivity contribution >= 4 is 21.7 Å². The van der Waals surface area contributed by atoms with Crippen LogP contribution in [0.3, 0.4) is 0 Å². The Hall–Kier alpha value is -0.570. The van der Waals surface area contributed by atoms with E-state index in [9.17, 15) is 0 Å². The molecule has 0 aliphatic heterocycles.